The third-order valence-electron chi connectivity index (χ3n) is 4.42. The van der Waals surface area contributed by atoms with Gasteiger partial charge in [0.05, 0.1) is 0 Å². The summed E-state index contributed by atoms with van der Waals surface area (Å²) in [7, 11) is 0. The molecule has 0 bridgehead atoms. The van der Waals surface area contributed by atoms with E-state index >= 15 is 0 Å². The molecule has 2 saturated carbocycles. The van der Waals surface area contributed by atoms with Crippen LogP contribution in [0.3, 0.4) is 0 Å². The standard InChI is InChI=1S/C12H18N4/c1-2-9(1)11-14-10(15-16-11)3-8-4-12(5-8)6-13-7-12/h8-9,13H,1-7H2,(H,14,15,16). The minimum atomic E-state index is 0.675. The van der Waals surface area contributed by atoms with Crippen LogP contribution in [-0.4, -0.2) is 28.3 Å². The molecule has 1 saturated heterocycles. The average molecular weight is 218 g/mol. The van der Waals surface area contributed by atoms with Crippen LogP contribution in [0.15, 0.2) is 0 Å². The Morgan fingerprint density at radius 2 is 2.06 bits per heavy atom. The fraction of sp³-hybridized carbons (Fsp3) is 0.833. The molecule has 1 spiro atoms. The molecule has 4 rings (SSSR count). The fourth-order valence-corrected chi connectivity index (χ4v) is 3.28. The van der Waals surface area contributed by atoms with Crippen molar-refractivity contribution in [2.75, 3.05) is 13.1 Å². The Bertz CT molecular complexity index is 395. The average Bonchev–Trinajstić information content (AvgIpc) is 2.90. The maximum atomic E-state index is 4.60. The number of aromatic amines is 1. The summed E-state index contributed by atoms with van der Waals surface area (Å²) < 4.78 is 0. The molecule has 86 valence electrons. The summed E-state index contributed by atoms with van der Waals surface area (Å²) in [6, 6.07) is 0. The van der Waals surface area contributed by atoms with Gasteiger partial charge in [0.1, 0.15) is 5.82 Å². The summed E-state index contributed by atoms with van der Waals surface area (Å²) >= 11 is 0. The Kier molecular flexibility index (Phi) is 1.76. The lowest BCUT2D eigenvalue weighted by Gasteiger charge is -2.54. The lowest BCUT2D eigenvalue weighted by atomic mass is 9.58. The van der Waals surface area contributed by atoms with E-state index in [1.54, 1.807) is 0 Å². The van der Waals surface area contributed by atoms with E-state index in [4.69, 9.17) is 0 Å². The Morgan fingerprint density at radius 1 is 1.25 bits per heavy atom. The van der Waals surface area contributed by atoms with Crippen LogP contribution in [0.1, 0.15) is 43.3 Å². The summed E-state index contributed by atoms with van der Waals surface area (Å²) in [5.41, 5.74) is 0.685. The van der Waals surface area contributed by atoms with Crippen LogP contribution in [-0.2, 0) is 6.42 Å². The smallest absolute Gasteiger partial charge is 0.153 e. The Hall–Kier alpha value is -0.900. The van der Waals surface area contributed by atoms with Crippen molar-refractivity contribution in [1.29, 1.82) is 0 Å². The van der Waals surface area contributed by atoms with Crippen molar-refractivity contribution in [2.45, 2.75) is 38.0 Å². The maximum Gasteiger partial charge on any atom is 0.153 e. The molecular formula is C12H18N4. The molecule has 0 radical (unpaired) electrons. The van der Waals surface area contributed by atoms with Gasteiger partial charge < -0.3 is 5.32 Å². The lowest BCUT2D eigenvalue weighted by molar-refractivity contribution is 0.0000766. The number of nitrogens with one attached hydrogen (secondary N) is 2. The molecule has 0 amide bonds. The van der Waals surface area contributed by atoms with Gasteiger partial charge in [-0.15, -0.1) is 0 Å². The van der Waals surface area contributed by atoms with Crippen LogP contribution in [0.5, 0.6) is 0 Å². The van der Waals surface area contributed by atoms with Gasteiger partial charge in [-0.1, -0.05) is 0 Å². The first-order valence-electron chi connectivity index (χ1n) is 6.45. The van der Waals surface area contributed by atoms with Gasteiger partial charge >= 0.3 is 0 Å². The molecule has 2 aliphatic carbocycles. The van der Waals surface area contributed by atoms with Crippen molar-refractivity contribution in [1.82, 2.24) is 20.5 Å². The summed E-state index contributed by atoms with van der Waals surface area (Å²) in [6.07, 6.45) is 6.46. The van der Waals surface area contributed by atoms with Crippen molar-refractivity contribution in [2.24, 2.45) is 11.3 Å². The minimum absolute atomic E-state index is 0.675. The first kappa shape index (κ1) is 9.16. The van der Waals surface area contributed by atoms with E-state index in [0.717, 1.165) is 24.0 Å². The van der Waals surface area contributed by atoms with Crippen molar-refractivity contribution >= 4 is 0 Å². The minimum Gasteiger partial charge on any atom is -0.316 e. The van der Waals surface area contributed by atoms with Gasteiger partial charge in [0, 0.05) is 25.4 Å². The summed E-state index contributed by atoms with van der Waals surface area (Å²) in [5.74, 6) is 3.71. The SMILES string of the molecule is C(c1nc(C2CC2)n[nH]1)C1CC2(CNC2)C1. The lowest BCUT2D eigenvalue weighted by Crippen LogP contribution is -2.60. The van der Waals surface area contributed by atoms with Gasteiger partial charge in [0.25, 0.3) is 0 Å². The van der Waals surface area contributed by atoms with Crippen molar-refractivity contribution in [3.63, 3.8) is 0 Å². The molecule has 0 unspecified atom stereocenters. The second-order valence-electron chi connectivity index (χ2n) is 6.00. The predicted molar refractivity (Wildman–Crippen MR) is 60.1 cm³/mol. The monoisotopic (exact) mass is 218 g/mol. The Balaban J connectivity index is 1.36. The number of nitrogens with zero attached hydrogens (tertiary/aromatic N) is 2. The third kappa shape index (κ3) is 1.39. The zero-order valence-corrected chi connectivity index (χ0v) is 9.50. The zero-order chi connectivity index (χ0) is 10.6. The van der Waals surface area contributed by atoms with E-state index < -0.39 is 0 Å². The van der Waals surface area contributed by atoms with Gasteiger partial charge in [-0.2, -0.15) is 5.10 Å². The summed E-state index contributed by atoms with van der Waals surface area (Å²) in [6.45, 7) is 2.49. The fourth-order valence-electron chi connectivity index (χ4n) is 3.28. The maximum absolute atomic E-state index is 4.60. The van der Waals surface area contributed by atoms with Crippen LogP contribution in [0.25, 0.3) is 0 Å². The molecule has 4 heteroatoms. The van der Waals surface area contributed by atoms with Crippen molar-refractivity contribution in [3.05, 3.63) is 11.6 Å². The van der Waals surface area contributed by atoms with Gasteiger partial charge in [-0.25, -0.2) is 4.98 Å². The molecular weight excluding hydrogens is 200 g/mol. The van der Waals surface area contributed by atoms with Crippen LogP contribution in [0.2, 0.25) is 0 Å². The second kappa shape index (κ2) is 3.06. The summed E-state index contributed by atoms with van der Waals surface area (Å²) in [5, 5.41) is 10.8. The van der Waals surface area contributed by atoms with Crippen LogP contribution in [0, 0.1) is 11.3 Å². The Morgan fingerprint density at radius 3 is 2.69 bits per heavy atom. The van der Waals surface area contributed by atoms with Crippen molar-refractivity contribution < 1.29 is 0 Å². The normalized spacial score (nSPS) is 27.8. The van der Waals surface area contributed by atoms with E-state index in [1.165, 1.54) is 38.8 Å². The molecule has 16 heavy (non-hydrogen) atoms. The summed E-state index contributed by atoms with van der Waals surface area (Å²) in [4.78, 5) is 4.60. The first-order valence-corrected chi connectivity index (χ1v) is 6.45. The molecule has 1 aromatic heterocycles. The molecule has 0 atom stereocenters. The zero-order valence-electron chi connectivity index (χ0n) is 9.50. The number of aromatic nitrogens is 3. The highest BCUT2D eigenvalue weighted by molar-refractivity contribution is 5.08. The van der Waals surface area contributed by atoms with E-state index in [1.807, 2.05) is 0 Å². The first-order chi connectivity index (χ1) is 7.83. The molecule has 1 aromatic rings. The van der Waals surface area contributed by atoms with E-state index in [9.17, 15) is 0 Å². The molecule has 2 heterocycles. The van der Waals surface area contributed by atoms with E-state index in [-0.39, 0.29) is 0 Å². The van der Waals surface area contributed by atoms with Crippen molar-refractivity contribution in [3.8, 4) is 0 Å². The van der Waals surface area contributed by atoms with Gasteiger partial charge in [0.2, 0.25) is 0 Å². The highest BCUT2D eigenvalue weighted by Gasteiger charge is 2.48. The predicted octanol–water partition coefficient (Wildman–Crippen LogP) is 1.22. The molecule has 2 N–H and O–H groups in total. The molecule has 0 aromatic carbocycles. The van der Waals surface area contributed by atoms with E-state index in [0.29, 0.717) is 11.3 Å². The van der Waals surface area contributed by atoms with Crippen LogP contribution >= 0.6 is 0 Å². The molecule has 4 nitrogen and oxygen atoms in total. The van der Waals surface area contributed by atoms with Gasteiger partial charge in [-0.05, 0) is 37.0 Å². The number of hydrogen-bond acceptors (Lipinski definition) is 3. The van der Waals surface area contributed by atoms with Gasteiger partial charge in [0.15, 0.2) is 5.82 Å². The Labute approximate surface area is 95.2 Å². The van der Waals surface area contributed by atoms with E-state index in [2.05, 4.69) is 20.5 Å². The number of hydrogen-bond donors (Lipinski definition) is 2. The van der Waals surface area contributed by atoms with Crippen LogP contribution < -0.4 is 5.32 Å². The van der Waals surface area contributed by atoms with Crippen LogP contribution in [0.4, 0.5) is 0 Å². The molecule has 3 aliphatic rings. The number of H-pyrrole nitrogens is 1. The molecule has 1 aliphatic heterocycles. The third-order valence-corrected chi connectivity index (χ3v) is 4.42. The number of rotatable bonds is 3. The highest BCUT2D eigenvalue weighted by Crippen LogP contribution is 2.49. The second-order valence-corrected chi connectivity index (χ2v) is 6.00. The topological polar surface area (TPSA) is 53.6 Å². The molecule has 3 fully saturated rings. The van der Waals surface area contributed by atoms with Gasteiger partial charge in [-0.3, -0.25) is 5.10 Å². The largest absolute Gasteiger partial charge is 0.316 e. The highest BCUT2D eigenvalue weighted by atomic mass is 15.2. The quantitative estimate of drug-likeness (QED) is 0.802.